The van der Waals surface area contributed by atoms with E-state index in [1.165, 1.54) is 0 Å². The number of carbonyl (C=O) groups is 2. The fourth-order valence-corrected chi connectivity index (χ4v) is 4.46. The van der Waals surface area contributed by atoms with Crippen LogP contribution in [0.2, 0.25) is 0 Å². The van der Waals surface area contributed by atoms with Gasteiger partial charge in [-0.15, -0.1) is 0 Å². The van der Waals surface area contributed by atoms with Crippen molar-refractivity contribution in [2.24, 2.45) is 0 Å². The molecule has 0 bridgehead atoms. The van der Waals surface area contributed by atoms with E-state index in [4.69, 9.17) is 9.72 Å². The molecule has 1 N–H and O–H groups in total. The maximum Gasteiger partial charge on any atom is 0.255 e. The van der Waals surface area contributed by atoms with E-state index in [1.54, 1.807) is 12.1 Å². The van der Waals surface area contributed by atoms with Crippen LogP contribution in [0.3, 0.4) is 0 Å². The van der Waals surface area contributed by atoms with Gasteiger partial charge < -0.3 is 19.5 Å². The maximum atomic E-state index is 13.2. The van der Waals surface area contributed by atoms with Crippen molar-refractivity contribution in [3.05, 3.63) is 90.3 Å². The first-order valence-electron chi connectivity index (χ1n) is 12.0. The summed E-state index contributed by atoms with van der Waals surface area (Å²) in [5.74, 6) is 1.13. The lowest BCUT2D eigenvalue weighted by Crippen LogP contribution is -2.36. The van der Waals surface area contributed by atoms with E-state index in [1.807, 2.05) is 76.2 Å². The monoisotopic (exact) mass is 468 g/mol. The first-order valence-corrected chi connectivity index (χ1v) is 12.0. The van der Waals surface area contributed by atoms with Crippen molar-refractivity contribution in [3.8, 4) is 5.75 Å². The minimum atomic E-state index is -0.229. The molecule has 178 valence electrons. The van der Waals surface area contributed by atoms with Gasteiger partial charge in [-0.05, 0) is 55.7 Å². The normalized spacial score (nSPS) is 13.5. The number of ether oxygens (including phenoxy) is 1. The highest BCUT2D eigenvalue weighted by Gasteiger charge is 2.22. The van der Waals surface area contributed by atoms with Crippen LogP contribution in [0.5, 0.6) is 5.75 Å². The topological polar surface area (TPSA) is 76.5 Å². The predicted octanol–water partition coefficient (Wildman–Crippen LogP) is 4.88. The number of hydrogen-bond donors (Lipinski definition) is 1. The molecule has 2 heterocycles. The number of hydrogen-bond acceptors (Lipinski definition) is 4. The van der Waals surface area contributed by atoms with Crippen molar-refractivity contribution in [3.63, 3.8) is 0 Å². The van der Waals surface area contributed by atoms with Gasteiger partial charge in [-0.1, -0.05) is 42.5 Å². The van der Waals surface area contributed by atoms with E-state index in [2.05, 4.69) is 5.32 Å². The maximum absolute atomic E-state index is 13.2. The van der Waals surface area contributed by atoms with E-state index < -0.39 is 0 Å². The minimum absolute atomic E-state index is 0.0365. The third-order valence-corrected chi connectivity index (χ3v) is 6.22. The van der Waals surface area contributed by atoms with Crippen molar-refractivity contribution >= 4 is 28.5 Å². The van der Waals surface area contributed by atoms with Crippen molar-refractivity contribution < 1.29 is 14.3 Å². The van der Waals surface area contributed by atoms with Crippen LogP contribution in [0.4, 0.5) is 5.69 Å². The van der Waals surface area contributed by atoms with Gasteiger partial charge in [0.1, 0.15) is 24.7 Å². The van der Waals surface area contributed by atoms with Crippen molar-refractivity contribution in [2.45, 2.75) is 32.4 Å². The number of likely N-dealkylation sites (tertiary alicyclic amines) is 1. The average molecular weight is 469 g/mol. The van der Waals surface area contributed by atoms with Gasteiger partial charge in [-0.25, -0.2) is 4.98 Å². The van der Waals surface area contributed by atoms with Gasteiger partial charge >= 0.3 is 0 Å². The van der Waals surface area contributed by atoms with Gasteiger partial charge in [-0.3, -0.25) is 9.59 Å². The SMILES string of the molecule is O=C(Cn1c(COc2ccccc2)nc2ccccc21)Nc1ccccc1C(=O)N1CCCCC1. The molecule has 0 radical (unpaired) electrons. The molecule has 7 nitrogen and oxygen atoms in total. The molecule has 0 aliphatic carbocycles. The Hall–Kier alpha value is -4.13. The zero-order valence-corrected chi connectivity index (χ0v) is 19.5. The largest absolute Gasteiger partial charge is 0.486 e. The highest BCUT2D eigenvalue weighted by atomic mass is 16.5. The van der Waals surface area contributed by atoms with Crippen LogP contribution < -0.4 is 10.1 Å². The molecule has 1 fully saturated rings. The molecule has 1 aromatic heterocycles. The molecule has 3 aromatic carbocycles. The molecule has 0 unspecified atom stereocenters. The number of carbonyl (C=O) groups excluding carboxylic acids is 2. The molecule has 1 saturated heterocycles. The number of imidazole rings is 1. The summed E-state index contributed by atoms with van der Waals surface area (Å²) in [7, 11) is 0. The number of benzene rings is 3. The number of anilines is 1. The summed E-state index contributed by atoms with van der Waals surface area (Å²) < 4.78 is 7.78. The molecule has 1 aliphatic heterocycles. The Kier molecular flexibility index (Phi) is 6.75. The number of nitrogens with one attached hydrogen (secondary N) is 1. The van der Waals surface area contributed by atoms with E-state index in [0.29, 0.717) is 17.1 Å². The van der Waals surface area contributed by atoms with Crippen LogP contribution in [0.15, 0.2) is 78.9 Å². The zero-order chi connectivity index (χ0) is 24.0. The second-order valence-electron chi connectivity index (χ2n) is 8.65. The average Bonchev–Trinajstić information content (AvgIpc) is 3.25. The van der Waals surface area contributed by atoms with Crippen LogP contribution in [0.25, 0.3) is 11.0 Å². The third kappa shape index (κ3) is 5.19. The standard InChI is InChI=1S/C28H28N4O3/c33-27(30-23-14-6-5-13-22(23)28(34)31-17-9-2-10-18-31)19-32-25-16-8-7-15-24(25)29-26(32)20-35-21-11-3-1-4-12-21/h1,3-8,11-16H,2,9-10,17-20H2,(H,30,33). The van der Waals surface area contributed by atoms with E-state index >= 15 is 0 Å². The van der Waals surface area contributed by atoms with Gasteiger partial charge in [0.25, 0.3) is 5.91 Å². The number of rotatable bonds is 7. The Morgan fingerprint density at radius 2 is 1.57 bits per heavy atom. The second kappa shape index (κ2) is 10.4. The lowest BCUT2D eigenvalue weighted by atomic mass is 10.1. The van der Waals surface area contributed by atoms with E-state index in [0.717, 1.165) is 49.1 Å². The van der Waals surface area contributed by atoms with Gasteiger partial charge in [0.05, 0.1) is 22.3 Å². The first kappa shape index (κ1) is 22.7. The lowest BCUT2D eigenvalue weighted by Gasteiger charge is -2.27. The summed E-state index contributed by atoms with van der Waals surface area (Å²) in [6.07, 6.45) is 3.18. The Labute approximate surface area is 204 Å². The summed E-state index contributed by atoms with van der Waals surface area (Å²) in [6.45, 7) is 1.80. The molecule has 5 rings (SSSR count). The molecular formula is C28H28N4O3. The van der Waals surface area contributed by atoms with Crippen LogP contribution >= 0.6 is 0 Å². The molecule has 4 aromatic rings. The molecule has 0 saturated carbocycles. The Morgan fingerprint density at radius 3 is 2.40 bits per heavy atom. The van der Waals surface area contributed by atoms with Crippen LogP contribution in [-0.2, 0) is 17.9 Å². The van der Waals surface area contributed by atoms with Gasteiger partial charge in [0.2, 0.25) is 5.91 Å². The Balaban J connectivity index is 1.35. The number of nitrogens with zero attached hydrogens (tertiary/aromatic N) is 3. The van der Waals surface area contributed by atoms with Crippen molar-refractivity contribution in [1.82, 2.24) is 14.5 Å². The highest BCUT2D eigenvalue weighted by molar-refractivity contribution is 6.03. The number of para-hydroxylation sites is 4. The molecule has 0 atom stereocenters. The minimum Gasteiger partial charge on any atom is -0.486 e. The fourth-order valence-electron chi connectivity index (χ4n) is 4.46. The fraction of sp³-hybridized carbons (Fsp3) is 0.250. The van der Waals surface area contributed by atoms with Gasteiger partial charge in [0.15, 0.2) is 0 Å². The number of fused-ring (bicyclic) bond motifs is 1. The number of amides is 2. The number of aromatic nitrogens is 2. The first-order chi connectivity index (χ1) is 17.2. The van der Waals surface area contributed by atoms with Crippen LogP contribution in [0.1, 0.15) is 35.4 Å². The summed E-state index contributed by atoms with van der Waals surface area (Å²) >= 11 is 0. The molecule has 0 spiro atoms. The van der Waals surface area contributed by atoms with Crippen LogP contribution in [0, 0.1) is 0 Å². The Morgan fingerprint density at radius 1 is 0.857 bits per heavy atom. The van der Waals surface area contributed by atoms with E-state index in [-0.39, 0.29) is 25.0 Å². The van der Waals surface area contributed by atoms with E-state index in [9.17, 15) is 9.59 Å². The summed E-state index contributed by atoms with van der Waals surface area (Å²) in [6, 6.07) is 24.4. The molecule has 35 heavy (non-hydrogen) atoms. The van der Waals surface area contributed by atoms with Gasteiger partial charge in [0, 0.05) is 13.1 Å². The van der Waals surface area contributed by atoms with Crippen molar-refractivity contribution in [2.75, 3.05) is 18.4 Å². The van der Waals surface area contributed by atoms with Crippen molar-refractivity contribution in [1.29, 1.82) is 0 Å². The lowest BCUT2D eigenvalue weighted by molar-refractivity contribution is -0.116. The zero-order valence-electron chi connectivity index (χ0n) is 19.5. The third-order valence-electron chi connectivity index (χ3n) is 6.22. The highest BCUT2D eigenvalue weighted by Crippen LogP contribution is 2.22. The molecule has 7 heteroatoms. The summed E-state index contributed by atoms with van der Waals surface area (Å²) in [5, 5.41) is 2.96. The summed E-state index contributed by atoms with van der Waals surface area (Å²) in [5.41, 5.74) is 2.70. The molecular weight excluding hydrogens is 440 g/mol. The number of piperidine rings is 1. The Bertz CT molecular complexity index is 1330. The molecule has 2 amide bonds. The quantitative estimate of drug-likeness (QED) is 0.419. The summed E-state index contributed by atoms with van der Waals surface area (Å²) in [4.78, 5) is 32.9. The van der Waals surface area contributed by atoms with Gasteiger partial charge in [-0.2, -0.15) is 0 Å². The smallest absolute Gasteiger partial charge is 0.255 e. The predicted molar refractivity (Wildman–Crippen MR) is 135 cm³/mol. The molecule has 1 aliphatic rings. The van der Waals surface area contributed by atoms with Crippen LogP contribution in [-0.4, -0.2) is 39.4 Å². The second-order valence-corrected chi connectivity index (χ2v) is 8.65.